The van der Waals surface area contributed by atoms with Crippen LogP contribution in [0.4, 0.5) is 0 Å². The molecule has 33 heavy (non-hydrogen) atoms. The summed E-state index contributed by atoms with van der Waals surface area (Å²) in [5.41, 5.74) is 0. The summed E-state index contributed by atoms with van der Waals surface area (Å²) < 4.78 is 9.21. The van der Waals surface area contributed by atoms with E-state index in [-0.39, 0.29) is 5.04 Å². The fourth-order valence-corrected chi connectivity index (χ4v) is 9.81. The van der Waals surface area contributed by atoms with E-state index in [1.807, 2.05) is 0 Å². The molecule has 1 heterocycles. The van der Waals surface area contributed by atoms with Gasteiger partial charge < -0.3 is 8.99 Å². The highest BCUT2D eigenvalue weighted by atomic mass is 28.4. The van der Waals surface area contributed by atoms with Gasteiger partial charge >= 0.3 is 0 Å². The molecule has 4 rings (SSSR count). The third kappa shape index (κ3) is 4.55. The summed E-state index contributed by atoms with van der Waals surface area (Å²) in [6, 6.07) is 21.5. The van der Waals surface area contributed by atoms with E-state index in [9.17, 15) is 0 Å². The van der Waals surface area contributed by atoms with Gasteiger partial charge in [0.25, 0.3) is 8.32 Å². The standard InChI is InChI=1S/C28H35N3OSi/c1-6-22-17-19-23(20-18-22)27-30-29-26(31(27)5)21-32-33(28(2,3)4,24-13-9-7-10-14-24)25-15-11-8-12-16-25/h1,7-16,22-23H,17-21H2,2-5H3/t22-,23-. The highest BCUT2D eigenvalue weighted by Gasteiger charge is 2.50. The van der Waals surface area contributed by atoms with Crippen LogP contribution in [0.25, 0.3) is 0 Å². The van der Waals surface area contributed by atoms with Crippen molar-refractivity contribution in [3.05, 3.63) is 72.3 Å². The second-order valence-electron chi connectivity index (χ2n) is 10.2. The maximum atomic E-state index is 7.06. The highest BCUT2D eigenvalue weighted by molar-refractivity contribution is 6.99. The highest BCUT2D eigenvalue weighted by Crippen LogP contribution is 2.38. The van der Waals surface area contributed by atoms with E-state index in [2.05, 4.69) is 109 Å². The zero-order chi connectivity index (χ0) is 23.5. The van der Waals surface area contributed by atoms with E-state index in [4.69, 9.17) is 10.8 Å². The average Bonchev–Trinajstić information content (AvgIpc) is 3.20. The molecule has 0 saturated heterocycles. The molecule has 172 valence electrons. The third-order valence-electron chi connectivity index (χ3n) is 7.16. The van der Waals surface area contributed by atoms with Gasteiger partial charge in [0.2, 0.25) is 0 Å². The van der Waals surface area contributed by atoms with Crippen LogP contribution in [0.15, 0.2) is 60.7 Å². The molecule has 0 atom stereocenters. The summed E-state index contributed by atoms with van der Waals surface area (Å²) in [4.78, 5) is 0. The van der Waals surface area contributed by atoms with Crippen LogP contribution in [0.2, 0.25) is 5.04 Å². The first-order chi connectivity index (χ1) is 15.9. The number of hydrogen-bond donors (Lipinski definition) is 0. The molecule has 0 unspecified atom stereocenters. The Balaban J connectivity index is 1.65. The van der Waals surface area contributed by atoms with E-state index < -0.39 is 8.32 Å². The summed E-state index contributed by atoms with van der Waals surface area (Å²) in [6.07, 6.45) is 9.94. The Morgan fingerprint density at radius 1 is 0.939 bits per heavy atom. The second kappa shape index (κ2) is 9.67. The quantitative estimate of drug-likeness (QED) is 0.394. The number of benzene rings is 2. The van der Waals surface area contributed by atoms with Gasteiger partial charge in [-0.2, -0.15) is 0 Å². The summed E-state index contributed by atoms with van der Waals surface area (Å²) in [6.45, 7) is 7.33. The molecular weight excluding hydrogens is 422 g/mol. The van der Waals surface area contributed by atoms with Gasteiger partial charge in [0.15, 0.2) is 5.82 Å². The maximum Gasteiger partial charge on any atom is 0.261 e. The van der Waals surface area contributed by atoms with Crippen molar-refractivity contribution in [2.45, 2.75) is 64.0 Å². The van der Waals surface area contributed by atoms with Crippen molar-refractivity contribution in [3.63, 3.8) is 0 Å². The van der Waals surface area contributed by atoms with Crippen LogP contribution in [0, 0.1) is 18.3 Å². The molecule has 1 aliphatic carbocycles. The normalized spacial score (nSPS) is 19.2. The first-order valence-corrected chi connectivity index (χ1v) is 13.9. The zero-order valence-corrected chi connectivity index (χ0v) is 21.3. The van der Waals surface area contributed by atoms with Gasteiger partial charge in [-0.25, -0.2) is 0 Å². The maximum absolute atomic E-state index is 7.06. The molecule has 0 amide bonds. The van der Waals surface area contributed by atoms with Crippen LogP contribution in [0.1, 0.15) is 64.0 Å². The fourth-order valence-electron chi connectivity index (χ4n) is 5.31. The summed E-state index contributed by atoms with van der Waals surface area (Å²) in [5, 5.41) is 11.7. The molecule has 5 heteroatoms. The predicted molar refractivity (Wildman–Crippen MR) is 137 cm³/mol. The van der Waals surface area contributed by atoms with E-state index in [1.54, 1.807) is 0 Å². The molecule has 0 spiro atoms. The van der Waals surface area contributed by atoms with E-state index in [0.717, 1.165) is 37.3 Å². The lowest BCUT2D eigenvalue weighted by molar-refractivity contribution is 0.271. The molecule has 1 fully saturated rings. The van der Waals surface area contributed by atoms with Gasteiger partial charge in [-0.1, -0.05) is 81.4 Å². The van der Waals surface area contributed by atoms with Crippen LogP contribution in [-0.4, -0.2) is 23.1 Å². The Hall–Kier alpha value is -2.68. The Morgan fingerprint density at radius 2 is 1.48 bits per heavy atom. The first-order valence-electron chi connectivity index (χ1n) is 12.0. The van der Waals surface area contributed by atoms with Crippen LogP contribution in [0.3, 0.4) is 0 Å². The molecule has 1 aliphatic rings. The number of rotatable bonds is 6. The zero-order valence-electron chi connectivity index (χ0n) is 20.3. The van der Waals surface area contributed by atoms with Crippen molar-refractivity contribution in [3.8, 4) is 12.3 Å². The van der Waals surface area contributed by atoms with Gasteiger partial charge in [-0.3, -0.25) is 0 Å². The molecule has 0 N–H and O–H groups in total. The monoisotopic (exact) mass is 457 g/mol. The Labute approximate surface area is 199 Å². The van der Waals surface area contributed by atoms with Crippen LogP contribution >= 0.6 is 0 Å². The number of nitrogens with zero attached hydrogens (tertiary/aromatic N) is 3. The minimum Gasteiger partial charge on any atom is -0.400 e. The Bertz CT molecular complexity index is 1050. The van der Waals surface area contributed by atoms with E-state index in [0.29, 0.717) is 18.4 Å². The van der Waals surface area contributed by atoms with Crippen molar-refractivity contribution >= 4 is 18.7 Å². The van der Waals surface area contributed by atoms with Crippen molar-refractivity contribution in [1.29, 1.82) is 0 Å². The lowest BCUT2D eigenvalue weighted by atomic mass is 9.82. The first kappa shape index (κ1) is 23.5. The summed E-state index contributed by atoms with van der Waals surface area (Å²) in [5.74, 6) is 5.70. The number of terminal acetylenes is 1. The topological polar surface area (TPSA) is 39.9 Å². The minimum atomic E-state index is -2.60. The lowest BCUT2D eigenvalue weighted by Gasteiger charge is -2.42. The number of aromatic nitrogens is 3. The predicted octanol–water partition coefficient (Wildman–Crippen LogP) is 4.80. The molecular formula is C28H35N3OSi. The SMILES string of the molecule is C#C[C@H]1CC[C@H](c2nnc(CO[Si](c3ccccc3)(c3ccccc3)C(C)(C)C)n2C)CC1. The summed E-state index contributed by atoms with van der Waals surface area (Å²) >= 11 is 0. The number of hydrogen-bond acceptors (Lipinski definition) is 3. The lowest BCUT2D eigenvalue weighted by Crippen LogP contribution is -2.66. The second-order valence-corrected chi connectivity index (χ2v) is 14.5. The molecule has 0 radical (unpaired) electrons. The van der Waals surface area contributed by atoms with E-state index in [1.165, 1.54) is 10.4 Å². The smallest absolute Gasteiger partial charge is 0.261 e. The molecule has 0 aliphatic heterocycles. The van der Waals surface area contributed by atoms with Crippen molar-refractivity contribution < 1.29 is 4.43 Å². The molecule has 4 nitrogen and oxygen atoms in total. The molecule has 1 aromatic heterocycles. The minimum absolute atomic E-state index is 0.0647. The largest absolute Gasteiger partial charge is 0.400 e. The fraction of sp³-hybridized carbons (Fsp3) is 0.429. The van der Waals surface area contributed by atoms with Crippen molar-refractivity contribution in [2.24, 2.45) is 13.0 Å². The van der Waals surface area contributed by atoms with Gasteiger partial charge in [0.1, 0.15) is 5.82 Å². The van der Waals surface area contributed by atoms with Crippen LogP contribution in [-0.2, 0) is 18.1 Å². The molecule has 2 aromatic carbocycles. The van der Waals surface area contributed by atoms with Crippen molar-refractivity contribution in [1.82, 2.24) is 14.8 Å². The molecule has 0 bridgehead atoms. The van der Waals surface area contributed by atoms with Crippen molar-refractivity contribution in [2.75, 3.05) is 0 Å². The van der Waals surface area contributed by atoms with Crippen LogP contribution < -0.4 is 10.4 Å². The summed E-state index contributed by atoms with van der Waals surface area (Å²) in [7, 11) is -0.527. The van der Waals surface area contributed by atoms with E-state index >= 15 is 0 Å². The van der Waals surface area contributed by atoms with Gasteiger partial charge in [-0.05, 0) is 41.1 Å². The van der Waals surface area contributed by atoms with Gasteiger partial charge in [0.05, 0.1) is 6.61 Å². The Kier molecular flexibility index (Phi) is 6.88. The Morgan fingerprint density at radius 3 is 1.97 bits per heavy atom. The van der Waals surface area contributed by atoms with Crippen LogP contribution in [0.5, 0.6) is 0 Å². The average molecular weight is 458 g/mol. The third-order valence-corrected chi connectivity index (χ3v) is 12.1. The van der Waals surface area contributed by atoms with Gasteiger partial charge in [0, 0.05) is 18.9 Å². The molecule has 1 saturated carbocycles. The van der Waals surface area contributed by atoms with Gasteiger partial charge in [-0.15, -0.1) is 22.5 Å². The molecule has 3 aromatic rings.